The Hall–Kier alpha value is -3.35. The average Bonchev–Trinajstić information content (AvgIpc) is 2.99. The summed E-state index contributed by atoms with van der Waals surface area (Å²) in [5.74, 6) is -1.81. The summed E-state index contributed by atoms with van der Waals surface area (Å²) in [6.07, 6.45) is 1.09. The molecule has 0 aliphatic heterocycles. The van der Waals surface area contributed by atoms with Crippen LogP contribution in [0.4, 0.5) is 15.8 Å². The lowest BCUT2D eigenvalue weighted by Crippen LogP contribution is -2.27. The van der Waals surface area contributed by atoms with Crippen LogP contribution in [0.15, 0.2) is 29.3 Å². The molecule has 1 aromatic carbocycles. The lowest BCUT2D eigenvalue weighted by atomic mass is 10.2. The van der Waals surface area contributed by atoms with Gasteiger partial charge in [-0.2, -0.15) is 4.68 Å². The Balaban J connectivity index is 1.96. The van der Waals surface area contributed by atoms with Crippen molar-refractivity contribution in [2.24, 2.45) is 7.05 Å². The van der Waals surface area contributed by atoms with Crippen LogP contribution in [-0.4, -0.2) is 38.7 Å². The molecule has 0 fully saturated rings. The molecule has 0 saturated carbocycles. The molecule has 25 heavy (non-hydrogen) atoms. The number of thiol groups is 1. The molecule has 1 amide bonds. The van der Waals surface area contributed by atoms with Crippen molar-refractivity contribution in [1.82, 2.24) is 24.4 Å². The molecule has 0 bridgehead atoms. The molecule has 130 valence electrons. The first-order chi connectivity index (χ1) is 11.9. The molecule has 2 N–H and O–H groups in total. The fraction of sp³-hybridized carbons (Fsp3) is 0.0833. The maximum atomic E-state index is 14.2. The second-order valence-electron chi connectivity index (χ2n) is 4.77. The van der Waals surface area contributed by atoms with E-state index in [4.69, 9.17) is 0 Å². The Kier molecular flexibility index (Phi) is 4.14. The summed E-state index contributed by atoms with van der Waals surface area (Å²) < 4.78 is 39.4. The number of nitrogens with zero attached hydrogens (tertiary/aromatic N) is 5. The van der Waals surface area contributed by atoms with E-state index in [0.29, 0.717) is 0 Å². The zero-order valence-corrected chi connectivity index (χ0v) is 13.4. The van der Waals surface area contributed by atoms with E-state index in [0.717, 1.165) is 15.4 Å². The van der Waals surface area contributed by atoms with Crippen molar-refractivity contribution >= 4 is 33.8 Å². The van der Waals surface area contributed by atoms with Gasteiger partial charge < -0.3 is 5.32 Å². The van der Waals surface area contributed by atoms with Gasteiger partial charge in [-0.3, -0.25) is 9.52 Å². The fourth-order valence-electron chi connectivity index (χ4n) is 2.04. The molecule has 0 unspecified atom stereocenters. The number of nitrogens with one attached hydrogen (secondary N) is 2. The van der Waals surface area contributed by atoms with E-state index in [1.807, 2.05) is 4.72 Å². The van der Waals surface area contributed by atoms with E-state index >= 15 is 0 Å². The van der Waals surface area contributed by atoms with Crippen LogP contribution in [0.2, 0.25) is 0 Å². The lowest BCUT2D eigenvalue weighted by molar-refractivity contribution is 0.102. The molecule has 0 radical (unpaired) electrons. The largest absolute Gasteiger partial charge is 0.352 e. The van der Waals surface area contributed by atoms with E-state index in [9.17, 15) is 22.4 Å². The summed E-state index contributed by atoms with van der Waals surface area (Å²) >= 11 is 0. The van der Waals surface area contributed by atoms with Crippen molar-refractivity contribution < 1.29 is 17.6 Å². The van der Waals surface area contributed by atoms with Crippen molar-refractivity contribution in [2.75, 3.05) is 10.0 Å². The van der Waals surface area contributed by atoms with Gasteiger partial charge in [0.2, 0.25) is 10.9 Å². The second kappa shape index (κ2) is 6.27. The molecule has 13 heteroatoms. The van der Waals surface area contributed by atoms with Gasteiger partial charge in [0, 0.05) is 7.05 Å². The van der Waals surface area contributed by atoms with Gasteiger partial charge in [0.15, 0.2) is 17.2 Å². The molecule has 11 nitrogen and oxygen atoms in total. The number of carbonyl (C=O) groups excluding carboxylic acids is 1. The SMILES string of the molecule is Cn1nnc2c(C(=O)Nc3cccc(N[SH](=O)=O)c3F)ncn2c1=O. The number of carbonyl (C=O) groups is 1. The third kappa shape index (κ3) is 3.03. The van der Waals surface area contributed by atoms with Crippen molar-refractivity contribution in [1.29, 1.82) is 0 Å². The molecule has 3 rings (SSSR count). The summed E-state index contributed by atoms with van der Waals surface area (Å²) in [4.78, 5) is 27.9. The van der Waals surface area contributed by atoms with E-state index < -0.39 is 28.3 Å². The van der Waals surface area contributed by atoms with Crippen molar-refractivity contribution in [3.8, 4) is 0 Å². The highest BCUT2D eigenvalue weighted by Gasteiger charge is 2.19. The van der Waals surface area contributed by atoms with Gasteiger partial charge in [-0.1, -0.05) is 11.3 Å². The molecule has 2 heterocycles. The minimum absolute atomic E-state index is 0.0991. The fourth-order valence-corrected chi connectivity index (χ4v) is 2.41. The lowest BCUT2D eigenvalue weighted by Gasteiger charge is -2.08. The average molecular weight is 367 g/mol. The minimum Gasteiger partial charge on any atom is -0.318 e. The number of aryl methyl sites for hydroxylation is 1. The first-order valence-corrected chi connectivity index (χ1v) is 7.84. The molecule has 0 saturated heterocycles. The molecule has 0 aliphatic rings. The first kappa shape index (κ1) is 16.5. The van der Waals surface area contributed by atoms with Crippen LogP contribution in [0.1, 0.15) is 10.5 Å². The Bertz CT molecular complexity index is 1110. The molecular weight excluding hydrogens is 357 g/mol. The van der Waals surface area contributed by atoms with Gasteiger partial charge in [-0.25, -0.2) is 27.0 Å². The molecule has 0 spiro atoms. The quantitative estimate of drug-likeness (QED) is 0.510. The van der Waals surface area contributed by atoms with Crippen molar-refractivity contribution in [3.63, 3.8) is 0 Å². The number of hydrogen-bond acceptors (Lipinski definition) is 7. The third-order valence-corrected chi connectivity index (χ3v) is 3.60. The first-order valence-electron chi connectivity index (χ1n) is 6.66. The van der Waals surface area contributed by atoms with E-state index in [1.54, 1.807) is 0 Å². The smallest absolute Gasteiger partial charge is 0.318 e. The molecule has 3 aromatic rings. The predicted octanol–water partition coefficient (Wildman–Crippen LogP) is -0.847. The number of aromatic nitrogens is 5. The van der Waals surface area contributed by atoms with Gasteiger partial charge in [0.1, 0.15) is 6.33 Å². The predicted molar refractivity (Wildman–Crippen MR) is 84.3 cm³/mol. The highest BCUT2D eigenvalue weighted by Crippen LogP contribution is 2.23. The van der Waals surface area contributed by atoms with E-state index in [-0.39, 0.29) is 22.7 Å². The second-order valence-corrected chi connectivity index (χ2v) is 5.51. The number of fused-ring (bicyclic) bond motifs is 1. The number of amides is 1. The van der Waals surface area contributed by atoms with Crippen LogP contribution >= 0.6 is 0 Å². The zero-order chi connectivity index (χ0) is 18.1. The summed E-state index contributed by atoms with van der Waals surface area (Å²) in [5, 5.41) is 9.51. The van der Waals surface area contributed by atoms with Crippen LogP contribution in [0.3, 0.4) is 0 Å². The minimum atomic E-state index is -3.07. The summed E-state index contributed by atoms with van der Waals surface area (Å²) in [6.45, 7) is 0. The van der Waals surface area contributed by atoms with Gasteiger partial charge >= 0.3 is 5.69 Å². The monoisotopic (exact) mass is 367 g/mol. The normalized spacial score (nSPS) is 11.0. The number of hydrogen-bond donors (Lipinski definition) is 3. The van der Waals surface area contributed by atoms with Crippen LogP contribution < -0.4 is 15.7 Å². The Labute approximate surface area is 140 Å². The maximum Gasteiger partial charge on any atom is 0.352 e. The molecule has 0 atom stereocenters. The van der Waals surface area contributed by atoms with Gasteiger partial charge in [0.25, 0.3) is 5.91 Å². The number of halogens is 1. The maximum absolute atomic E-state index is 14.2. The highest BCUT2D eigenvalue weighted by molar-refractivity contribution is 7.73. The van der Waals surface area contributed by atoms with E-state index in [1.165, 1.54) is 25.2 Å². The van der Waals surface area contributed by atoms with Crippen molar-refractivity contribution in [2.45, 2.75) is 0 Å². The topological polar surface area (TPSA) is 140 Å². The van der Waals surface area contributed by atoms with Crippen LogP contribution in [0.25, 0.3) is 5.65 Å². The van der Waals surface area contributed by atoms with Crippen LogP contribution in [-0.2, 0) is 17.9 Å². The summed E-state index contributed by atoms with van der Waals surface area (Å²) in [5.41, 5.74) is -1.49. The third-order valence-electron chi connectivity index (χ3n) is 3.17. The Morgan fingerprint density at radius 3 is 2.72 bits per heavy atom. The molecule has 2 aromatic heterocycles. The van der Waals surface area contributed by atoms with E-state index in [2.05, 4.69) is 20.6 Å². The van der Waals surface area contributed by atoms with Crippen LogP contribution in [0.5, 0.6) is 0 Å². The summed E-state index contributed by atoms with van der Waals surface area (Å²) in [7, 11) is -1.69. The van der Waals surface area contributed by atoms with Gasteiger partial charge in [0.05, 0.1) is 11.4 Å². The van der Waals surface area contributed by atoms with Gasteiger partial charge in [-0.15, -0.1) is 5.10 Å². The Morgan fingerprint density at radius 2 is 2.00 bits per heavy atom. The summed E-state index contributed by atoms with van der Waals surface area (Å²) in [6, 6.07) is 3.78. The molecule has 0 aliphatic carbocycles. The van der Waals surface area contributed by atoms with Gasteiger partial charge in [-0.05, 0) is 12.1 Å². The number of anilines is 2. The van der Waals surface area contributed by atoms with Crippen molar-refractivity contribution in [3.05, 3.63) is 46.5 Å². The standard InChI is InChI=1S/C12H10FN7O4S/c1-19-12(22)20-5-14-9(10(20)16-18-19)11(21)15-6-3-2-4-7(8(6)13)17-25(23)24/h2-5,25H,1H3,(H,15,21)(H,17,23,24). The highest BCUT2D eigenvalue weighted by atomic mass is 32.2. The molecular formula is C12H10FN7O4S. The number of benzene rings is 1. The number of imidazole rings is 1. The zero-order valence-electron chi connectivity index (χ0n) is 12.5. The Morgan fingerprint density at radius 1 is 1.28 bits per heavy atom. The van der Waals surface area contributed by atoms with Crippen LogP contribution in [0, 0.1) is 5.82 Å². The number of rotatable bonds is 4.